The van der Waals surface area contributed by atoms with Gasteiger partial charge >= 0.3 is 0 Å². The van der Waals surface area contributed by atoms with Gasteiger partial charge in [0, 0.05) is 27.9 Å². The maximum atomic E-state index is 11.9. The van der Waals surface area contributed by atoms with E-state index in [-0.39, 0.29) is 16.6 Å². The van der Waals surface area contributed by atoms with E-state index >= 15 is 0 Å². The number of aliphatic hydroxyl groups is 1. The molecule has 0 aliphatic heterocycles. The number of aliphatic hydroxyl groups excluding tert-OH is 1. The lowest BCUT2D eigenvalue weighted by atomic mass is 9.95. The van der Waals surface area contributed by atoms with Crippen molar-refractivity contribution in [2.24, 2.45) is 11.7 Å². The van der Waals surface area contributed by atoms with Crippen LogP contribution in [0.5, 0.6) is 0 Å². The molecule has 3 N–H and O–H groups in total. The van der Waals surface area contributed by atoms with Crippen molar-refractivity contribution in [2.75, 3.05) is 5.75 Å². The zero-order chi connectivity index (χ0) is 19.7. The molecule has 1 amide bonds. The summed E-state index contributed by atoms with van der Waals surface area (Å²) >= 11 is 3.39. The Morgan fingerprint density at radius 2 is 1.52 bits per heavy atom. The molecule has 0 fully saturated rings. The molecular formula is C22H29NO2S2. The fourth-order valence-electron chi connectivity index (χ4n) is 2.65. The van der Waals surface area contributed by atoms with E-state index < -0.39 is 6.10 Å². The normalized spacial score (nSPS) is 13.9. The van der Waals surface area contributed by atoms with Gasteiger partial charge in [-0.15, -0.1) is 11.8 Å². The van der Waals surface area contributed by atoms with Crippen LogP contribution >= 0.6 is 23.5 Å². The van der Waals surface area contributed by atoms with E-state index in [1.54, 1.807) is 23.5 Å². The number of rotatable bonds is 11. The largest absolute Gasteiger partial charge is 0.392 e. The molecule has 2 unspecified atom stereocenters. The molecule has 0 heterocycles. The maximum Gasteiger partial charge on any atom is 0.221 e. The van der Waals surface area contributed by atoms with Crippen LogP contribution in [0.25, 0.3) is 0 Å². The van der Waals surface area contributed by atoms with E-state index in [9.17, 15) is 9.90 Å². The molecule has 2 aromatic carbocycles. The number of nitrogens with two attached hydrogens (primary N) is 1. The molecule has 2 atom stereocenters. The Hall–Kier alpha value is -1.43. The smallest absolute Gasteiger partial charge is 0.221 e. The van der Waals surface area contributed by atoms with Crippen molar-refractivity contribution in [3.05, 3.63) is 71.8 Å². The van der Waals surface area contributed by atoms with E-state index in [0.29, 0.717) is 12.2 Å². The van der Waals surface area contributed by atoms with Crippen molar-refractivity contribution >= 4 is 29.4 Å². The molecule has 0 aliphatic carbocycles. The molecule has 27 heavy (non-hydrogen) atoms. The number of hydrogen-bond acceptors (Lipinski definition) is 4. The van der Waals surface area contributed by atoms with E-state index in [1.807, 2.05) is 50.2 Å². The van der Waals surface area contributed by atoms with Crippen molar-refractivity contribution in [2.45, 2.75) is 42.6 Å². The zero-order valence-electron chi connectivity index (χ0n) is 16.0. The molecule has 0 aliphatic rings. The molecule has 2 aromatic rings. The summed E-state index contributed by atoms with van der Waals surface area (Å²) in [6.07, 6.45) is -0.202. The van der Waals surface area contributed by atoms with Gasteiger partial charge in [0.2, 0.25) is 5.91 Å². The van der Waals surface area contributed by atoms with Crippen molar-refractivity contribution in [3.8, 4) is 0 Å². The van der Waals surface area contributed by atoms with Crippen molar-refractivity contribution in [1.82, 2.24) is 0 Å². The summed E-state index contributed by atoms with van der Waals surface area (Å²) in [6.45, 7) is 4.06. The second-order valence-corrected chi connectivity index (χ2v) is 9.89. The first kappa shape index (κ1) is 21.9. The highest BCUT2D eigenvalue weighted by atomic mass is 32.2. The van der Waals surface area contributed by atoms with Crippen molar-refractivity contribution in [1.29, 1.82) is 0 Å². The van der Waals surface area contributed by atoms with Crippen LogP contribution in [0.3, 0.4) is 0 Å². The fraction of sp³-hybridized carbons (Fsp3) is 0.409. The average Bonchev–Trinajstić information content (AvgIpc) is 2.67. The van der Waals surface area contributed by atoms with Gasteiger partial charge < -0.3 is 10.8 Å². The molecule has 0 radical (unpaired) electrons. The number of benzene rings is 2. The first-order valence-electron chi connectivity index (χ1n) is 9.15. The van der Waals surface area contributed by atoms with Crippen LogP contribution in [0, 0.1) is 5.92 Å². The average molecular weight is 404 g/mol. The van der Waals surface area contributed by atoms with Crippen molar-refractivity contribution in [3.63, 3.8) is 0 Å². The molecule has 0 aromatic heterocycles. The van der Waals surface area contributed by atoms with Crippen LogP contribution in [0.1, 0.15) is 31.4 Å². The Labute approximate surface area is 171 Å². The first-order valence-corrected chi connectivity index (χ1v) is 11.3. The van der Waals surface area contributed by atoms with Gasteiger partial charge in [-0.25, -0.2) is 0 Å². The summed E-state index contributed by atoms with van der Waals surface area (Å²) in [5.41, 5.74) is 8.06. The number of primary amides is 1. The molecule has 0 saturated carbocycles. The van der Waals surface area contributed by atoms with Crippen molar-refractivity contribution < 1.29 is 9.90 Å². The third-order valence-electron chi connectivity index (χ3n) is 4.60. The predicted octanol–water partition coefficient (Wildman–Crippen LogP) is 4.48. The third kappa shape index (κ3) is 7.60. The Morgan fingerprint density at radius 3 is 2.04 bits per heavy atom. The highest BCUT2D eigenvalue weighted by molar-refractivity contribution is 7.99. The van der Waals surface area contributed by atoms with Crippen LogP contribution in [0.15, 0.2) is 60.7 Å². The van der Waals surface area contributed by atoms with E-state index in [0.717, 1.165) is 11.5 Å². The topological polar surface area (TPSA) is 63.3 Å². The van der Waals surface area contributed by atoms with E-state index in [4.69, 9.17) is 5.73 Å². The highest BCUT2D eigenvalue weighted by Gasteiger charge is 2.32. The lowest BCUT2D eigenvalue weighted by Crippen LogP contribution is -2.38. The summed E-state index contributed by atoms with van der Waals surface area (Å²) in [6, 6.07) is 20.4. The minimum absolute atomic E-state index is 0.328. The van der Waals surface area contributed by atoms with Gasteiger partial charge in [-0.3, -0.25) is 4.79 Å². The van der Waals surface area contributed by atoms with Gasteiger partial charge in [0.1, 0.15) is 0 Å². The van der Waals surface area contributed by atoms with Gasteiger partial charge in [0.15, 0.2) is 0 Å². The van der Waals surface area contributed by atoms with E-state index in [2.05, 4.69) is 24.3 Å². The number of amides is 1. The second kappa shape index (κ2) is 10.8. The SMILES string of the molecule is CC(C)(SCc1ccccc1)C(O)CC(CSCc1ccccc1)C(N)=O. The number of hydrogen-bond donors (Lipinski definition) is 2. The van der Waals surface area contributed by atoms with Crippen LogP contribution < -0.4 is 5.73 Å². The highest BCUT2D eigenvalue weighted by Crippen LogP contribution is 2.34. The molecule has 5 heteroatoms. The summed E-state index contributed by atoms with van der Waals surface area (Å²) in [7, 11) is 0. The first-order chi connectivity index (χ1) is 12.9. The summed E-state index contributed by atoms with van der Waals surface area (Å²) < 4.78 is -0.354. The van der Waals surface area contributed by atoms with Gasteiger partial charge in [-0.1, -0.05) is 60.7 Å². The predicted molar refractivity (Wildman–Crippen MR) is 118 cm³/mol. The molecule has 2 rings (SSSR count). The van der Waals surface area contributed by atoms with Crippen LogP contribution in [-0.2, 0) is 16.3 Å². The third-order valence-corrected chi connectivity index (χ3v) is 7.27. The quantitative estimate of drug-likeness (QED) is 0.580. The molecule has 146 valence electrons. The monoisotopic (exact) mass is 403 g/mol. The number of carbonyl (C=O) groups is 1. The van der Waals surface area contributed by atoms with Crippen LogP contribution in [-0.4, -0.2) is 27.6 Å². The molecule has 3 nitrogen and oxygen atoms in total. The Kier molecular flexibility index (Phi) is 8.74. The lowest BCUT2D eigenvalue weighted by molar-refractivity contribution is -0.122. The summed E-state index contributed by atoms with van der Waals surface area (Å²) in [5, 5.41) is 10.8. The Balaban J connectivity index is 1.84. The molecule has 0 spiro atoms. The van der Waals surface area contributed by atoms with Crippen LogP contribution in [0.2, 0.25) is 0 Å². The van der Waals surface area contributed by atoms with Gasteiger partial charge in [0.25, 0.3) is 0 Å². The van der Waals surface area contributed by atoms with Gasteiger partial charge in [-0.05, 0) is 31.4 Å². The summed E-state index contributed by atoms with van der Waals surface area (Å²) in [4.78, 5) is 11.9. The standard InChI is InChI=1S/C22H29NO2S2/c1-22(2,27-15-18-11-7-4-8-12-18)20(24)13-19(21(23)25)16-26-14-17-9-5-3-6-10-17/h3-12,19-20,24H,13-16H2,1-2H3,(H2,23,25). The van der Waals surface area contributed by atoms with Gasteiger partial charge in [0.05, 0.1) is 6.10 Å². The second-order valence-electron chi connectivity index (χ2n) is 7.23. The molecular weight excluding hydrogens is 374 g/mol. The lowest BCUT2D eigenvalue weighted by Gasteiger charge is -2.32. The molecule has 0 bridgehead atoms. The Bertz CT molecular complexity index is 692. The molecule has 0 saturated heterocycles. The van der Waals surface area contributed by atoms with E-state index in [1.165, 1.54) is 11.1 Å². The number of thioether (sulfide) groups is 2. The maximum absolute atomic E-state index is 11.9. The Morgan fingerprint density at radius 1 is 1.00 bits per heavy atom. The van der Waals surface area contributed by atoms with Gasteiger partial charge in [-0.2, -0.15) is 11.8 Å². The minimum Gasteiger partial charge on any atom is -0.392 e. The fourth-order valence-corrected chi connectivity index (χ4v) is 4.80. The minimum atomic E-state index is -0.596. The zero-order valence-corrected chi connectivity index (χ0v) is 17.6. The number of carbonyl (C=O) groups excluding carboxylic acids is 1. The summed E-state index contributed by atoms with van der Waals surface area (Å²) in [5.74, 6) is 1.63. The van der Waals surface area contributed by atoms with Crippen LogP contribution in [0.4, 0.5) is 0 Å².